The van der Waals surface area contributed by atoms with Crippen molar-refractivity contribution in [1.82, 2.24) is 15.1 Å². The topological polar surface area (TPSA) is 237 Å². The van der Waals surface area contributed by atoms with E-state index in [4.69, 9.17) is 26.8 Å². The summed E-state index contributed by atoms with van der Waals surface area (Å²) in [7, 11) is 3.72. The van der Waals surface area contributed by atoms with Gasteiger partial charge in [-0.25, -0.2) is 4.79 Å². The fourth-order valence-corrected chi connectivity index (χ4v) is 3.95. The summed E-state index contributed by atoms with van der Waals surface area (Å²) in [5.41, 5.74) is 12.0. The second-order valence-electron chi connectivity index (χ2n) is 11.4. The number of nitrogens with one attached hydrogen (secondary N) is 1. The normalized spacial score (nSPS) is 14.3. The molecule has 1 heterocycles. The van der Waals surface area contributed by atoms with Gasteiger partial charge >= 0.3 is 23.9 Å². The van der Waals surface area contributed by atoms with Crippen LogP contribution in [0.2, 0.25) is 0 Å². The maximum Gasteiger partial charge on any atom is 0.326 e. The third-order valence-electron chi connectivity index (χ3n) is 6.71. The van der Waals surface area contributed by atoms with Gasteiger partial charge in [-0.3, -0.25) is 19.2 Å². The number of carboxylic acid groups (broad SMARTS) is 4. The highest BCUT2D eigenvalue weighted by Crippen LogP contribution is 2.12. The number of hydrogen-bond donors (Lipinski definition) is 7. The Morgan fingerprint density at radius 3 is 1.60 bits per heavy atom. The fraction of sp³-hybridized carbons (Fsp3) is 0.485. The number of rotatable bonds is 12. The van der Waals surface area contributed by atoms with E-state index in [0.717, 1.165) is 24.2 Å². The number of carboxylic acids is 4. The third-order valence-corrected chi connectivity index (χ3v) is 6.71. The Morgan fingerprint density at radius 1 is 0.787 bits per heavy atom. The molecule has 0 unspecified atom stereocenters. The molecule has 0 spiro atoms. The molecule has 3 rings (SSSR count). The fourth-order valence-electron chi connectivity index (χ4n) is 3.95. The zero-order valence-corrected chi connectivity index (χ0v) is 27.6. The molecule has 2 aromatic carbocycles. The first kappa shape index (κ1) is 42.6. The summed E-state index contributed by atoms with van der Waals surface area (Å²) in [4.78, 5) is 57.0. The van der Waals surface area contributed by atoms with Crippen LogP contribution in [0, 0.1) is 5.92 Å². The van der Waals surface area contributed by atoms with E-state index in [-0.39, 0.29) is 18.2 Å². The van der Waals surface area contributed by atoms with Crippen LogP contribution in [0.1, 0.15) is 37.8 Å². The van der Waals surface area contributed by atoms with Gasteiger partial charge in [0.2, 0.25) is 5.91 Å². The Morgan fingerprint density at radius 2 is 1.26 bits per heavy atom. The van der Waals surface area contributed by atoms with Gasteiger partial charge in [0.05, 0.1) is 12.8 Å². The van der Waals surface area contributed by atoms with E-state index >= 15 is 0 Å². The molecule has 262 valence electrons. The Bertz CT molecular complexity index is 1210. The molecule has 0 radical (unpaired) electrons. The first-order chi connectivity index (χ1) is 22.0. The van der Waals surface area contributed by atoms with Crippen LogP contribution in [-0.4, -0.2) is 118 Å². The van der Waals surface area contributed by atoms with E-state index in [1.807, 2.05) is 74.5 Å². The number of carbonyl (C=O) groups excluding carboxylic acids is 1. The third kappa shape index (κ3) is 21.1. The summed E-state index contributed by atoms with van der Waals surface area (Å²) < 4.78 is 0. The number of carbonyl (C=O) groups is 5. The highest BCUT2D eigenvalue weighted by Gasteiger charge is 2.27. The number of piperazine rings is 1. The van der Waals surface area contributed by atoms with Crippen molar-refractivity contribution in [1.29, 1.82) is 0 Å². The van der Waals surface area contributed by atoms with Crippen molar-refractivity contribution < 1.29 is 44.4 Å². The van der Waals surface area contributed by atoms with E-state index in [9.17, 15) is 29.1 Å². The molecule has 1 amide bonds. The van der Waals surface area contributed by atoms with E-state index in [1.165, 1.54) is 18.0 Å². The molecule has 3 atom stereocenters. The molecule has 14 nitrogen and oxygen atoms in total. The quantitative estimate of drug-likeness (QED) is 0.170. The SMILES string of the molecule is CC(C)C[C@@H](C(=O)O)N(C)C(=O)Cc1ccccc1.CN1CCNCC1.N[C@@H](CC(=O)O)C(=O)O.N[C@@H](Cc1ccccc1)C(=O)O. The van der Waals surface area contributed by atoms with Gasteiger partial charge in [-0.2, -0.15) is 0 Å². The van der Waals surface area contributed by atoms with Crippen LogP contribution in [0.15, 0.2) is 60.7 Å². The number of likely N-dealkylation sites (N-methyl/N-ethyl adjacent to an activating group) is 2. The first-order valence-electron chi connectivity index (χ1n) is 15.2. The Labute approximate surface area is 276 Å². The van der Waals surface area contributed by atoms with Crippen molar-refractivity contribution >= 4 is 29.8 Å². The molecule has 2 aromatic rings. The van der Waals surface area contributed by atoms with E-state index in [0.29, 0.717) is 12.8 Å². The van der Waals surface area contributed by atoms with Gasteiger partial charge < -0.3 is 47.0 Å². The lowest BCUT2D eigenvalue weighted by atomic mass is 10.0. The van der Waals surface area contributed by atoms with Crippen molar-refractivity contribution in [3.8, 4) is 0 Å². The zero-order valence-electron chi connectivity index (χ0n) is 27.6. The van der Waals surface area contributed by atoms with Crippen molar-refractivity contribution in [3.63, 3.8) is 0 Å². The number of nitrogens with zero attached hydrogens (tertiary/aromatic N) is 2. The molecule has 1 aliphatic rings. The maximum atomic E-state index is 12.1. The van der Waals surface area contributed by atoms with Crippen molar-refractivity contribution in [2.75, 3.05) is 40.3 Å². The number of hydrogen-bond acceptors (Lipinski definition) is 9. The molecule has 1 fully saturated rings. The molecule has 14 heteroatoms. The maximum absolute atomic E-state index is 12.1. The highest BCUT2D eigenvalue weighted by molar-refractivity contribution is 5.84. The number of amides is 1. The van der Waals surface area contributed by atoms with Crippen molar-refractivity contribution in [2.45, 2.75) is 57.7 Å². The van der Waals surface area contributed by atoms with Gasteiger partial charge in [0, 0.05) is 33.2 Å². The molecule has 1 saturated heterocycles. The van der Waals surface area contributed by atoms with Gasteiger partial charge in [-0.05, 0) is 36.9 Å². The van der Waals surface area contributed by atoms with Crippen LogP contribution in [0.5, 0.6) is 0 Å². The molecule has 0 aliphatic carbocycles. The monoisotopic (exact) mass is 661 g/mol. The van der Waals surface area contributed by atoms with Crippen LogP contribution in [0.25, 0.3) is 0 Å². The van der Waals surface area contributed by atoms with Crippen LogP contribution in [-0.2, 0) is 36.8 Å². The van der Waals surface area contributed by atoms with Crippen LogP contribution >= 0.6 is 0 Å². The molecular formula is C33H51N5O9. The summed E-state index contributed by atoms with van der Waals surface area (Å²) in [6.45, 7) is 8.64. The summed E-state index contributed by atoms with van der Waals surface area (Å²) >= 11 is 0. The Balaban J connectivity index is 0.000000647. The molecule has 0 saturated carbocycles. The van der Waals surface area contributed by atoms with Crippen LogP contribution in [0.4, 0.5) is 0 Å². The number of aliphatic carboxylic acids is 4. The Kier molecular flexibility index (Phi) is 21.7. The van der Waals surface area contributed by atoms with Crippen molar-refractivity contribution in [2.24, 2.45) is 17.4 Å². The second kappa shape index (κ2) is 23.9. The molecular weight excluding hydrogens is 610 g/mol. The summed E-state index contributed by atoms with van der Waals surface area (Å²) in [5, 5.41) is 37.0. The predicted octanol–water partition coefficient (Wildman–Crippen LogP) is 1.22. The lowest BCUT2D eigenvalue weighted by Crippen LogP contribution is -2.43. The summed E-state index contributed by atoms with van der Waals surface area (Å²) in [6.07, 6.45) is 0.553. The minimum Gasteiger partial charge on any atom is -0.481 e. The lowest BCUT2D eigenvalue weighted by Gasteiger charge is -2.26. The van der Waals surface area contributed by atoms with Gasteiger partial charge in [0.1, 0.15) is 18.1 Å². The molecule has 9 N–H and O–H groups in total. The second-order valence-corrected chi connectivity index (χ2v) is 11.4. The van der Waals surface area contributed by atoms with Crippen LogP contribution < -0.4 is 16.8 Å². The first-order valence-corrected chi connectivity index (χ1v) is 15.2. The largest absolute Gasteiger partial charge is 0.481 e. The minimum atomic E-state index is -1.29. The average Bonchev–Trinajstić information content (AvgIpc) is 3.01. The molecule has 1 aliphatic heterocycles. The minimum absolute atomic E-state index is 0.167. The molecule has 0 aromatic heterocycles. The summed E-state index contributed by atoms with van der Waals surface area (Å²) in [5.74, 6) is -4.34. The molecule has 47 heavy (non-hydrogen) atoms. The number of benzene rings is 2. The van der Waals surface area contributed by atoms with Gasteiger partial charge in [0.25, 0.3) is 0 Å². The number of nitrogens with two attached hydrogens (primary N) is 2. The summed E-state index contributed by atoms with van der Waals surface area (Å²) in [6, 6.07) is 15.8. The zero-order chi connectivity index (χ0) is 35.9. The Hall–Kier alpha value is -4.37. The van der Waals surface area contributed by atoms with E-state index in [1.54, 1.807) is 7.05 Å². The highest BCUT2D eigenvalue weighted by atomic mass is 16.4. The van der Waals surface area contributed by atoms with Crippen LogP contribution in [0.3, 0.4) is 0 Å². The van der Waals surface area contributed by atoms with E-state index < -0.39 is 48.4 Å². The van der Waals surface area contributed by atoms with Gasteiger partial charge in [0.15, 0.2) is 0 Å². The average molecular weight is 662 g/mol. The predicted molar refractivity (Wildman–Crippen MR) is 178 cm³/mol. The van der Waals surface area contributed by atoms with Gasteiger partial charge in [-0.15, -0.1) is 0 Å². The molecule has 0 bridgehead atoms. The van der Waals surface area contributed by atoms with Gasteiger partial charge in [-0.1, -0.05) is 74.5 Å². The lowest BCUT2D eigenvalue weighted by molar-refractivity contribution is -0.149. The standard InChI is InChI=1S/C15H21NO3.C9H11NO2.C5H12N2.C4H7NO4/c1-11(2)9-13(15(18)19)16(3)14(17)10-12-7-5-4-6-8-12;10-8(9(11)12)6-7-4-2-1-3-5-7;1-7-4-2-6-3-5-7;5-2(4(8)9)1-3(6)7/h4-8,11,13H,9-10H2,1-3H3,(H,18,19);1-5,8H,6,10H2,(H,11,12);6H,2-5H2,1H3;2H,1,5H2,(H,6,7)(H,8,9)/t13-;8-;;2-/m00.0/s1. The van der Waals surface area contributed by atoms with Crippen molar-refractivity contribution in [3.05, 3.63) is 71.8 Å². The smallest absolute Gasteiger partial charge is 0.326 e. The van der Waals surface area contributed by atoms with E-state index in [2.05, 4.69) is 17.3 Å².